The van der Waals surface area contributed by atoms with E-state index in [9.17, 15) is 0 Å². The topological polar surface area (TPSA) is 21.3 Å². The number of halogens is 2. The van der Waals surface area contributed by atoms with E-state index in [2.05, 4.69) is 70.1 Å². The Morgan fingerprint density at radius 3 is 2.68 bits per heavy atom. The van der Waals surface area contributed by atoms with Crippen molar-refractivity contribution in [1.29, 1.82) is 0 Å². The maximum atomic E-state index is 5.74. The van der Waals surface area contributed by atoms with Crippen LogP contribution in [0.2, 0.25) is 0 Å². The SMILES string of the molecule is CCNC(c1cc(Br)c(C)cc1Br)C1COC(C)C1. The van der Waals surface area contributed by atoms with E-state index in [1.165, 1.54) is 20.1 Å². The third-order valence-electron chi connectivity index (χ3n) is 3.74. The minimum atomic E-state index is 0.348. The Hall–Kier alpha value is 0.1000. The standard InChI is InChI=1S/C15H21Br2NO/c1-4-18-15(11-6-10(3)19-8-11)12-7-13(16)9(2)5-14(12)17/h5,7,10-11,15,18H,4,6,8H2,1-3H3. The van der Waals surface area contributed by atoms with Crippen LogP contribution in [-0.2, 0) is 4.74 Å². The highest BCUT2D eigenvalue weighted by Crippen LogP contribution is 2.37. The van der Waals surface area contributed by atoms with Crippen molar-refractivity contribution in [3.8, 4) is 0 Å². The normalized spacial score (nSPS) is 24.7. The van der Waals surface area contributed by atoms with Crippen LogP contribution in [0, 0.1) is 12.8 Å². The number of rotatable bonds is 4. The smallest absolute Gasteiger partial charge is 0.0551 e. The van der Waals surface area contributed by atoms with Gasteiger partial charge in [0.15, 0.2) is 0 Å². The van der Waals surface area contributed by atoms with Crippen molar-refractivity contribution in [3.05, 3.63) is 32.2 Å². The van der Waals surface area contributed by atoms with Gasteiger partial charge in [0.2, 0.25) is 0 Å². The summed E-state index contributed by atoms with van der Waals surface area (Å²) < 4.78 is 8.09. The molecule has 19 heavy (non-hydrogen) atoms. The fraction of sp³-hybridized carbons (Fsp3) is 0.600. The van der Waals surface area contributed by atoms with Crippen molar-refractivity contribution in [2.45, 2.75) is 39.3 Å². The molecule has 2 rings (SSSR count). The Labute approximate surface area is 132 Å². The van der Waals surface area contributed by atoms with Gasteiger partial charge in [-0.05, 0) is 50.1 Å². The van der Waals surface area contributed by atoms with Crippen LogP contribution in [-0.4, -0.2) is 19.3 Å². The van der Waals surface area contributed by atoms with E-state index in [-0.39, 0.29) is 0 Å². The molecule has 0 spiro atoms. The molecule has 0 saturated carbocycles. The number of benzene rings is 1. The minimum Gasteiger partial charge on any atom is -0.378 e. The van der Waals surface area contributed by atoms with Crippen molar-refractivity contribution in [2.75, 3.05) is 13.2 Å². The zero-order valence-corrected chi connectivity index (χ0v) is 14.8. The van der Waals surface area contributed by atoms with Crippen molar-refractivity contribution >= 4 is 31.9 Å². The molecule has 0 bridgehead atoms. The molecule has 0 aromatic heterocycles. The summed E-state index contributed by atoms with van der Waals surface area (Å²) in [4.78, 5) is 0. The average molecular weight is 391 g/mol. The van der Waals surface area contributed by atoms with Gasteiger partial charge in [0.1, 0.15) is 0 Å². The monoisotopic (exact) mass is 389 g/mol. The third-order valence-corrected chi connectivity index (χ3v) is 5.28. The average Bonchev–Trinajstić information content (AvgIpc) is 2.78. The molecular formula is C15H21Br2NO. The molecule has 3 unspecified atom stereocenters. The van der Waals surface area contributed by atoms with Gasteiger partial charge in [-0.1, -0.05) is 38.8 Å². The maximum Gasteiger partial charge on any atom is 0.0551 e. The van der Waals surface area contributed by atoms with Crippen molar-refractivity contribution in [3.63, 3.8) is 0 Å². The largest absolute Gasteiger partial charge is 0.378 e. The highest BCUT2D eigenvalue weighted by Gasteiger charge is 2.31. The van der Waals surface area contributed by atoms with Gasteiger partial charge in [-0.25, -0.2) is 0 Å². The number of nitrogens with one attached hydrogen (secondary N) is 1. The molecular weight excluding hydrogens is 370 g/mol. The van der Waals surface area contributed by atoms with Gasteiger partial charge in [-0.3, -0.25) is 0 Å². The Balaban J connectivity index is 2.30. The van der Waals surface area contributed by atoms with Gasteiger partial charge in [0.05, 0.1) is 12.7 Å². The van der Waals surface area contributed by atoms with E-state index < -0.39 is 0 Å². The number of ether oxygens (including phenoxy) is 1. The number of hydrogen-bond donors (Lipinski definition) is 1. The molecule has 1 saturated heterocycles. The summed E-state index contributed by atoms with van der Waals surface area (Å²) in [6.45, 7) is 8.23. The van der Waals surface area contributed by atoms with Gasteiger partial charge in [-0.2, -0.15) is 0 Å². The van der Waals surface area contributed by atoms with Crippen LogP contribution in [0.1, 0.15) is 37.4 Å². The van der Waals surface area contributed by atoms with Crippen LogP contribution in [0.3, 0.4) is 0 Å². The van der Waals surface area contributed by atoms with Crippen molar-refractivity contribution < 1.29 is 4.74 Å². The lowest BCUT2D eigenvalue weighted by molar-refractivity contribution is 0.117. The summed E-state index contributed by atoms with van der Waals surface area (Å²) in [5, 5.41) is 3.62. The zero-order valence-electron chi connectivity index (χ0n) is 11.7. The molecule has 1 aliphatic heterocycles. The fourth-order valence-corrected chi connectivity index (χ4v) is 3.80. The van der Waals surface area contributed by atoms with Crippen molar-refractivity contribution in [2.24, 2.45) is 5.92 Å². The molecule has 4 heteroatoms. The number of aryl methyl sites for hydroxylation is 1. The summed E-state index contributed by atoms with van der Waals surface area (Å²) in [6.07, 6.45) is 1.49. The fourth-order valence-electron chi connectivity index (χ4n) is 2.73. The Kier molecular flexibility index (Phi) is 5.46. The van der Waals surface area contributed by atoms with Gasteiger partial charge < -0.3 is 10.1 Å². The molecule has 1 aromatic carbocycles. The zero-order chi connectivity index (χ0) is 14.0. The Morgan fingerprint density at radius 1 is 1.37 bits per heavy atom. The summed E-state index contributed by atoms with van der Waals surface area (Å²) in [5.41, 5.74) is 2.57. The van der Waals surface area contributed by atoms with Crippen LogP contribution in [0.4, 0.5) is 0 Å². The van der Waals surface area contributed by atoms with E-state index in [4.69, 9.17) is 4.74 Å². The summed E-state index contributed by atoms with van der Waals surface area (Å²) in [6, 6.07) is 4.76. The van der Waals surface area contributed by atoms with Crippen LogP contribution < -0.4 is 5.32 Å². The van der Waals surface area contributed by atoms with Crippen LogP contribution >= 0.6 is 31.9 Å². The maximum absolute atomic E-state index is 5.74. The summed E-state index contributed by atoms with van der Waals surface area (Å²) >= 11 is 7.35. The van der Waals surface area contributed by atoms with Gasteiger partial charge in [-0.15, -0.1) is 0 Å². The molecule has 1 heterocycles. The van der Waals surface area contributed by atoms with Gasteiger partial charge >= 0.3 is 0 Å². The minimum absolute atomic E-state index is 0.348. The van der Waals surface area contributed by atoms with E-state index in [1.54, 1.807) is 0 Å². The van der Waals surface area contributed by atoms with Crippen LogP contribution in [0.15, 0.2) is 21.1 Å². The third kappa shape index (κ3) is 3.60. The molecule has 1 aliphatic rings. The molecule has 106 valence electrons. The van der Waals surface area contributed by atoms with Crippen molar-refractivity contribution in [1.82, 2.24) is 5.32 Å². The summed E-state index contributed by atoms with van der Waals surface area (Å²) in [7, 11) is 0. The second-order valence-corrected chi connectivity index (χ2v) is 7.01. The highest BCUT2D eigenvalue weighted by molar-refractivity contribution is 9.11. The lowest BCUT2D eigenvalue weighted by Gasteiger charge is -2.25. The van der Waals surface area contributed by atoms with E-state index >= 15 is 0 Å². The molecule has 3 atom stereocenters. The first kappa shape index (κ1) is 15.5. The Bertz CT molecular complexity index is 450. The van der Waals surface area contributed by atoms with E-state index in [0.29, 0.717) is 18.1 Å². The van der Waals surface area contributed by atoms with Gasteiger partial charge in [0.25, 0.3) is 0 Å². The molecule has 1 N–H and O–H groups in total. The first-order chi connectivity index (χ1) is 9.02. The molecule has 0 aliphatic carbocycles. The van der Waals surface area contributed by atoms with E-state index in [0.717, 1.165) is 19.6 Å². The molecule has 1 aromatic rings. The molecule has 2 nitrogen and oxygen atoms in total. The molecule has 1 fully saturated rings. The van der Waals surface area contributed by atoms with E-state index in [1.807, 2.05) is 0 Å². The second kappa shape index (κ2) is 6.70. The van der Waals surface area contributed by atoms with Crippen LogP contribution in [0.5, 0.6) is 0 Å². The Morgan fingerprint density at radius 2 is 2.11 bits per heavy atom. The highest BCUT2D eigenvalue weighted by atomic mass is 79.9. The number of hydrogen-bond acceptors (Lipinski definition) is 2. The first-order valence-electron chi connectivity index (χ1n) is 6.83. The predicted octanol–water partition coefficient (Wildman–Crippen LogP) is 4.60. The second-order valence-electron chi connectivity index (χ2n) is 5.30. The quantitative estimate of drug-likeness (QED) is 0.811. The molecule has 0 radical (unpaired) electrons. The lowest BCUT2D eigenvalue weighted by Crippen LogP contribution is -2.29. The molecule has 0 amide bonds. The summed E-state index contributed by atoms with van der Waals surface area (Å²) in [5.74, 6) is 0.542. The van der Waals surface area contributed by atoms with Gasteiger partial charge in [0, 0.05) is 20.9 Å². The predicted molar refractivity (Wildman–Crippen MR) is 86.5 cm³/mol. The first-order valence-corrected chi connectivity index (χ1v) is 8.42. The lowest BCUT2D eigenvalue weighted by atomic mass is 9.90. The van der Waals surface area contributed by atoms with Crippen LogP contribution in [0.25, 0.3) is 0 Å².